The van der Waals surface area contributed by atoms with Crippen LogP contribution in [0.25, 0.3) is 0 Å². The average molecular weight is 355 g/mol. The Morgan fingerprint density at radius 3 is 2.88 bits per heavy atom. The first kappa shape index (κ1) is 16.9. The number of carbonyl (C=O) groups excluding carboxylic acids is 1. The van der Waals surface area contributed by atoms with Gasteiger partial charge in [-0.3, -0.25) is 14.5 Å². The zero-order valence-electron chi connectivity index (χ0n) is 13.3. The lowest BCUT2D eigenvalue weighted by Crippen LogP contribution is -2.50. The molecule has 2 aliphatic heterocycles. The number of nitrogens with one attached hydrogen (secondary N) is 1. The number of amides is 1. The summed E-state index contributed by atoms with van der Waals surface area (Å²) < 4.78 is 10.6. The lowest BCUT2D eigenvalue weighted by atomic mass is 9.91. The van der Waals surface area contributed by atoms with Crippen molar-refractivity contribution < 1.29 is 24.2 Å². The van der Waals surface area contributed by atoms with Crippen LogP contribution in [0.2, 0.25) is 5.02 Å². The summed E-state index contributed by atoms with van der Waals surface area (Å²) in [4.78, 5) is 25.3. The molecule has 2 N–H and O–H groups in total. The number of piperidine rings is 1. The summed E-state index contributed by atoms with van der Waals surface area (Å²) in [5.41, 5.74) is 0.827. The molecule has 2 aliphatic rings. The Morgan fingerprint density at radius 1 is 1.38 bits per heavy atom. The summed E-state index contributed by atoms with van der Waals surface area (Å²) in [5, 5.41) is 12.5. The van der Waals surface area contributed by atoms with Crippen LogP contribution in [-0.4, -0.2) is 48.3 Å². The fraction of sp³-hybridized carbons (Fsp3) is 0.500. The van der Waals surface area contributed by atoms with E-state index >= 15 is 0 Å². The summed E-state index contributed by atoms with van der Waals surface area (Å²) >= 11 is 6.19. The lowest BCUT2D eigenvalue weighted by Gasteiger charge is -2.36. The van der Waals surface area contributed by atoms with E-state index in [4.69, 9.17) is 21.1 Å². The third-order valence-electron chi connectivity index (χ3n) is 4.46. The molecular formula is C16H19ClN2O5. The third kappa shape index (κ3) is 3.27. The van der Waals surface area contributed by atoms with Crippen molar-refractivity contribution in [3.8, 4) is 11.5 Å². The molecule has 3 rings (SSSR count). The molecule has 0 saturated carbocycles. The molecule has 1 amide bonds. The van der Waals surface area contributed by atoms with Crippen molar-refractivity contribution in [2.24, 2.45) is 5.92 Å². The molecule has 24 heavy (non-hydrogen) atoms. The SMILES string of the molecule is CNC(=O)[C@H]1CC[C@@H](C(=O)O)N(Cc2cc(Cl)c3c(c2)OCO3)C1. The second kappa shape index (κ2) is 6.86. The van der Waals surface area contributed by atoms with Crippen LogP contribution in [0.4, 0.5) is 0 Å². The molecule has 0 spiro atoms. The van der Waals surface area contributed by atoms with Crippen molar-refractivity contribution in [3.05, 3.63) is 22.7 Å². The highest BCUT2D eigenvalue weighted by molar-refractivity contribution is 6.32. The van der Waals surface area contributed by atoms with E-state index in [0.29, 0.717) is 42.5 Å². The topological polar surface area (TPSA) is 88.1 Å². The minimum Gasteiger partial charge on any atom is -0.480 e. The van der Waals surface area contributed by atoms with Gasteiger partial charge in [-0.15, -0.1) is 0 Å². The summed E-state index contributed by atoms with van der Waals surface area (Å²) in [6, 6.07) is 2.93. The van der Waals surface area contributed by atoms with E-state index in [2.05, 4.69) is 5.32 Å². The molecule has 0 bridgehead atoms. The number of aliphatic carboxylic acids is 1. The smallest absolute Gasteiger partial charge is 0.320 e. The van der Waals surface area contributed by atoms with Crippen LogP contribution < -0.4 is 14.8 Å². The molecule has 0 radical (unpaired) electrons. The number of fused-ring (bicyclic) bond motifs is 1. The zero-order chi connectivity index (χ0) is 17.3. The van der Waals surface area contributed by atoms with E-state index in [0.717, 1.165) is 5.56 Å². The maximum Gasteiger partial charge on any atom is 0.320 e. The third-order valence-corrected chi connectivity index (χ3v) is 4.74. The van der Waals surface area contributed by atoms with Crippen molar-refractivity contribution in [2.45, 2.75) is 25.4 Å². The molecule has 8 heteroatoms. The second-order valence-corrected chi connectivity index (χ2v) is 6.39. The Labute approximate surface area is 144 Å². The quantitative estimate of drug-likeness (QED) is 0.851. The molecule has 0 aliphatic carbocycles. The second-order valence-electron chi connectivity index (χ2n) is 5.98. The first-order valence-electron chi connectivity index (χ1n) is 7.76. The Bertz CT molecular complexity index is 666. The largest absolute Gasteiger partial charge is 0.480 e. The van der Waals surface area contributed by atoms with E-state index < -0.39 is 12.0 Å². The maximum absolute atomic E-state index is 11.9. The molecule has 1 saturated heterocycles. The first-order chi connectivity index (χ1) is 11.5. The highest BCUT2D eigenvalue weighted by Crippen LogP contribution is 2.40. The van der Waals surface area contributed by atoms with Gasteiger partial charge >= 0.3 is 5.97 Å². The fourth-order valence-corrected chi connectivity index (χ4v) is 3.55. The van der Waals surface area contributed by atoms with Gasteiger partial charge in [-0.1, -0.05) is 11.6 Å². The number of nitrogens with zero attached hydrogens (tertiary/aromatic N) is 1. The van der Waals surface area contributed by atoms with Crippen molar-refractivity contribution in [1.82, 2.24) is 10.2 Å². The molecule has 2 heterocycles. The fourth-order valence-electron chi connectivity index (χ4n) is 3.26. The summed E-state index contributed by atoms with van der Waals surface area (Å²) in [7, 11) is 1.59. The number of rotatable bonds is 4. The molecule has 0 aromatic heterocycles. The van der Waals surface area contributed by atoms with Gasteiger partial charge in [0.2, 0.25) is 12.7 Å². The van der Waals surface area contributed by atoms with Crippen LogP contribution >= 0.6 is 11.6 Å². The van der Waals surface area contributed by atoms with Gasteiger partial charge in [0.15, 0.2) is 11.5 Å². The van der Waals surface area contributed by atoms with Gasteiger partial charge in [-0.25, -0.2) is 0 Å². The number of carbonyl (C=O) groups is 2. The minimum absolute atomic E-state index is 0.0624. The standard InChI is InChI=1S/C16H19ClN2O5/c1-18-15(20)10-2-3-12(16(21)22)19(7-10)6-9-4-11(17)14-13(5-9)23-8-24-14/h4-5,10,12H,2-3,6-8H2,1H3,(H,18,20)(H,21,22)/t10-,12-/m0/s1. The van der Waals surface area contributed by atoms with Crippen LogP contribution in [0.5, 0.6) is 11.5 Å². The molecule has 7 nitrogen and oxygen atoms in total. The van der Waals surface area contributed by atoms with E-state index in [1.807, 2.05) is 0 Å². The predicted octanol–water partition coefficient (Wildman–Crippen LogP) is 1.48. The van der Waals surface area contributed by atoms with Crippen molar-refractivity contribution >= 4 is 23.5 Å². The molecule has 1 aromatic rings. The number of benzene rings is 1. The highest BCUT2D eigenvalue weighted by atomic mass is 35.5. The maximum atomic E-state index is 11.9. The van der Waals surface area contributed by atoms with E-state index in [9.17, 15) is 14.7 Å². The van der Waals surface area contributed by atoms with Crippen LogP contribution in [0.3, 0.4) is 0 Å². The van der Waals surface area contributed by atoms with Crippen LogP contribution in [-0.2, 0) is 16.1 Å². The molecule has 130 valence electrons. The van der Waals surface area contributed by atoms with Gasteiger partial charge in [-0.2, -0.15) is 0 Å². The van der Waals surface area contributed by atoms with Gasteiger partial charge in [0.1, 0.15) is 6.04 Å². The van der Waals surface area contributed by atoms with Crippen LogP contribution in [0.1, 0.15) is 18.4 Å². The predicted molar refractivity (Wildman–Crippen MR) is 86.2 cm³/mol. The number of hydrogen-bond donors (Lipinski definition) is 2. The molecule has 1 fully saturated rings. The van der Waals surface area contributed by atoms with Crippen molar-refractivity contribution in [2.75, 3.05) is 20.4 Å². The highest BCUT2D eigenvalue weighted by Gasteiger charge is 2.35. The van der Waals surface area contributed by atoms with Crippen LogP contribution in [0, 0.1) is 5.92 Å². The van der Waals surface area contributed by atoms with Gasteiger partial charge in [0, 0.05) is 20.1 Å². The van der Waals surface area contributed by atoms with Gasteiger partial charge < -0.3 is 19.9 Å². The minimum atomic E-state index is -0.878. The number of carboxylic acid groups (broad SMARTS) is 1. The molecule has 2 atom stereocenters. The summed E-state index contributed by atoms with van der Waals surface area (Å²) in [6.07, 6.45) is 1.00. The van der Waals surface area contributed by atoms with Gasteiger partial charge in [0.25, 0.3) is 0 Å². The normalized spacial score (nSPS) is 23.1. The van der Waals surface area contributed by atoms with E-state index in [1.165, 1.54) is 0 Å². The Kier molecular flexibility index (Phi) is 4.82. The van der Waals surface area contributed by atoms with E-state index in [1.54, 1.807) is 24.1 Å². The average Bonchev–Trinajstić information content (AvgIpc) is 3.02. The first-order valence-corrected chi connectivity index (χ1v) is 8.14. The Hall–Kier alpha value is -1.99. The van der Waals surface area contributed by atoms with Gasteiger partial charge in [-0.05, 0) is 30.5 Å². The van der Waals surface area contributed by atoms with Crippen molar-refractivity contribution in [3.63, 3.8) is 0 Å². The van der Waals surface area contributed by atoms with Crippen LogP contribution in [0.15, 0.2) is 12.1 Å². The molecule has 1 aromatic carbocycles. The number of halogens is 1. The lowest BCUT2D eigenvalue weighted by molar-refractivity contribution is -0.147. The summed E-state index contributed by atoms with van der Waals surface area (Å²) in [5.74, 6) is -0.0823. The van der Waals surface area contributed by atoms with Gasteiger partial charge in [0.05, 0.1) is 10.9 Å². The van der Waals surface area contributed by atoms with Crippen molar-refractivity contribution in [1.29, 1.82) is 0 Å². The monoisotopic (exact) mass is 354 g/mol. The molecule has 0 unspecified atom stereocenters. The molecular weight excluding hydrogens is 336 g/mol. The number of hydrogen-bond acceptors (Lipinski definition) is 5. The number of likely N-dealkylation sites (tertiary alicyclic amines) is 1. The Morgan fingerprint density at radius 2 is 2.17 bits per heavy atom. The summed E-state index contributed by atoms with van der Waals surface area (Å²) in [6.45, 7) is 0.891. The number of carboxylic acids is 1. The Balaban J connectivity index is 1.80. The number of ether oxygens (including phenoxy) is 2. The zero-order valence-corrected chi connectivity index (χ0v) is 14.0. The van der Waals surface area contributed by atoms with E-state index in [-0.39, 0.29) is 18.6 Å².